The molecule has 0 aliphatic heterocycles. The van der Waals surface area contributed by atoms with Crippen LogP contribution in [0.15, 0.2) is 24.3 Å². The van der Waals surface area contributed by atoms with Crippen LogP contribution in [-0.2, 0) is 0 Å². The first-order valence-electron chi connectivity index (χ1n) is 4.93. The summed E-state index contributed by atoms with van der Waals surface area (Å²) in [5.74, 6) is 0.518. The summed E-state index contributed by atoms with van der Waals surface area (Å²) in [5.41, 5.74) is 1.32. The summed E-state index contributed by atoms with van der Waals surface area (Å²) in [6, 6.07) is 9.20. The van der Waals surface area contributed by atoms with Gasteiger partial charge in [-0.3, -0.25) is 0 Å². The molecule has 1 unspecified atom stereocenters. The molecule has 0 spiro atoms. The molecule has 2 heteroatoms. The molecule has 1 atom stereocenters. The molecule has 1 rings (SSSR count). The molecular formula is C11H18OSi. The van der Waals surface area contributed by atoms with Gasteiger partial charge in [0, 0.05) is 0 Å². The predicted octanol–water partition coefficient (Wildman–Crippen LogP) is 1.75. The minimum Gasteiger partial charge on any atom is -0.430 e. The molecule has 0 bridgehead atoms. The molecule has 1 aromatic carbocycles. The van der Waals surface area contributed by atoms with Gasteiger partial charge in [-0.15, -0.1) is 0 Å². The van der Waals surface area contributed by atoms with E-state index < -0.39 is 9.04 Å². The number of hydrogen-bond acceptors (Lipinski definition) is 1. The van der Waals surface area contributed by atoms with E-state index in [4.69, 9.17) is 0 Å². The van der Waals surface area contributed by atoms with Crippen LogP contribution in [0.5, 0.6) is 0 Å². The molecule has 0 radical (unpaired) electrons. The second-order valence-corrected chi connectivity index (χ2v) is 6.18. The molecule has 0 aliphatic carbocycles. The first-order chi connectivity index (χ1) is 6.16. The standard InChI is InChI=1S/C11H18OSi/c1-4-13(12)11-8-6-5-7-10(11)9(2)3/h5-9,12-13H,4H2,1-3H3. The highest BCUT2D eigenvalue weighted by Crippen LogP contribution is 2.12. The highest BCUT2D eigenvalue weighted by Gasteiger charge is 2.13. The zero-order valence-corrected chi connectivity index (χ0v) is 9.77. The summed E-state index contributed by atoms with van der Waals surface area (Å²) in [6.07, 6.45) is 0. The third-order valence-corrected chi connectivity index (χ3v) is 4.38. The van der Waals surface area contributed by atoms with Crippen LogP contribution in [0.4, 0.5) is 0 Å². The van der Waals surface area contributed by atoms with Crippen molar-refractivity contribution in [1.29, 1.82) is 0 Å². The normalized spacial score (nSPS) is 13.3. The Labute approximate surface area is 82.2 Å². The van der Waals surface area contributed by atoms with Gasteiger partial charge >= 0.3 is 0 Å². The van der Waals surface area contributed by atoms with Crippen molar-refractivity contribution in [1.82, 2.24) is 0 Å². The van der Waals surface area contributed by atoms with Gasteiger partial charge in [0.25, 0.3) is 0 Å². The molecule has 1 nitrogen and oxygen atoms in total. The highest BCUT2D eigenvalue weighted by atomic mass is 28.3. The Hall–Kier alpha value is -0.603. The molecule has 0 aliphatic rings. The van der Waals surface area contributed by atoms with E-state index in [0.717, 1.165) is 6.04 Å². The smallest absolute Gasteiger partial charge is 0.204 e. The van der Waals surface area contributed by atoms with Gasteiger partial charge in [0.05, 0.1) is 0 Å². The van der Waals surface area contributed by atoms with E-state index in [1.807, 2.05) is 6.07 Å². The Morgan fingerprint density at radius 2 is 1.92 bits per heavy atom. The summed E-state index contributed by atoms with van der Waals surface area (Å²) in [5, 5.41) is 1.22. The van der Waals surface area contributed by atoms with E-state index in [-0.39, 0.29) is 0 Å². The van der Waals surface area contributed by atoms with Crippen molar-refractivity contribution in [2.45, 2.75) is 32.7 Å². The van der Waals surface area contributed by atoms with Crippen molar-refractivity contribution < 1.29 is 4.80 Å². The Morgan fingerprint density at radius 3 is 2.46 bits per heavy atom. The van der Waals surface area contributed by atoms with Crippen LogP contribution in [0.3, 0.4) is 0 Å². The van der Waals surface area contributed by atoms with Gasteiger partial charge in [-0.1, -0.05) is 45.0 Å². The summed E-state index contributed by atoms with van der Waals surface area (Å²) < 4.78 is 0. The van der Waals surface area contributed by atoms with Gasteiger partial charge in [-0.25, -0.2) is 0 Å². The predicted molar refractivity (Wildman–Crippen MR) is 60.0 cm³/mol. The van der Waals surface area contributed by atoms with Crippen molar-refractivity contribution >= 4 is 14.2 Å². The van der Waals surface area contributed by atoms with E-state index in [1.54, 1.807) is 0 Å². The lowest BCUT2D eigenvalue weighted by Crippen LogP contribution is -2.32. The molecule has 13 heavy (non-hydrogen) atoms. The largest absolute Gasteiger partial charge is 0.430 e. The Morgan fingerprint density at radius 1 is 1.31 bits per heavy atom. The zero-order valence-electron chi connectivity index (χ0n) is 8.62. The highest BCUT2D eigenvalue weighted by molar-refractivity contribution is 6.66. The maximum absolute atomic E-state index is 9.90. The SMILES string of the molecule is CC[SiH](O)c1ccccc1C(C)C. The van der Waals surface area contributed by atoms with Gasteiger partial charge in [-0.05, 0) is 22.7 Å². The zero-order chi connectivity index (χ0) is 9.84. The van der Waals surface area contributed by atoms with Crippen molar-refractivity contribution in [3.05, 3.63) is 29.8 Å². The van der Waals surface area contributed by atoms with Crippen molar-refractivity contribution in [2.75, 3.05) is 0 Å². The molecule has 0 saturated carbocycles. The molecule has 0 amide bonds. The van der Waals surface area contributed by atoms with Gasteiger partial charge in [-0.2, -0.15) is 0 Å². The van der Waals surface area contributed by atoms with E-state index >= 15 is 0 Å². The minimum absolute atomic E-state index is 0.518. The van der Waals surface area contributed by atoms with Crippen LogP contribution < -0.4 is 5.19 Å². The van der Waals surface area contributed by atoms with Gasteiger partial charge in [0.1, 0.15) is 0 Å². The number of hydrogen-bond donors (Lipinski definition) is 1. The summed E-state index contributed by atoms with van der Waals surface area (Å²) in [4.78, 5) is 9.90. The van der Waals surface area contributed by atoms with Crippen LogP contribution in [0.1, 0.15) is 32.3 Å². The van der Waals surface area contributed by atoms with Gasteiger partial charge in [0.2, 0.25) is 9.04 Å². The second kappa shape index (κ2) is 4.58. The van der Waals surface area contributed by atoms with E-state index in [2.05, 4.69) is 39.0 Å². The molecule has 72 valence electrons. The average Bonchev–Trinajstić information content (AvgIpc) is 2.16. The quantitative estimate of drug-likeness (QED) is 0.727. The summed E-state index contributed by atoms with van der Waals surface area (Å²) in [7, 11) is -1.64. The Balaban J connectivity index is 3.04. The first-order valence-corrected chi connectivity index (χ1v) is 6.84. The molecule has 0 heterocycles. The third kappa shape index (κ3) is 2.42. The Bertz CT molecular complexity index is 271. The number of rotatable bonds is 3. The maximum atomic E-state index is 9.90. The van der Waals surface area contributed by atoms with Crippen molar-refractivity contribution in [3.63, 3.8) is 0 Å². The van der Waals surface area contributed by atoms with Gasteiger partial charge < -0.3 is 4.80 Å². The lowest BCUT2D eigenvalue weighted by Gasteiger charge is -2.14. The molecule has 0 fully saturated rings. The van der Waals surface area contributed by atoms with Crippen molar-refractivity contribution in [2.24, 2.45) is 0 Å². The molecule has 1 N–H and O–H groups in total. The molecular weight excluding hydrogens is 176 g/mol. The average molecular weight is 194 g/mol. The van der Waals surface area contributed by atoms with Crippen LogP contribution in [0.25, 0.3) is 0 Å². The lowest BCUT2D eigenvalue weighted by molar-refractivity contribution is 0.585. The number of benzene rings is 1. The fraction of sp³-hybridized carbons (Fsp3) is 0.455. The van der Waals surface area contributed by atoms with Crippen molar-refractivity contribution in [3.8, 4) is 0 Å². The van der Waals surface area contributed by atoms with Crippen LogP contribution in [0, 0.1) is 0 Å². The van der Waals surface area contributed by atoms with Crippen LogP contribution in [-0.4, -0.2) is 13.8 Å². The lowest BCUT2D eigenvalue weighted by atomic mass is 10.0. The third-order valence-electron chi connectivity index (χ3n) is 2.36. The fourth-order valence-electron chi connectivity index (χ4n) is 1.56. The molecule has 0 saturated heterocycles. The summed E-state index contributed by atoms with van der Waals surface area (Å²) in [6.45, 7) is 6.42. The van der Waals surface area contributed by atoms with Gasteiger partial charge in [0.15, 0.2) is 0 Å². The second-order valence-electron chi connectivity index (χ2n) is 3.71. The minimum atomic E-state index is -1.64. The molecule has 0 aromatic heterocycles. The van der Waals surface area contributed by atoms with Crippen LogP contribution in [0.2, 0.25) is 6.04 Å². The van der Waals surface area contributed by atoms with E-state index in [9.17, 15) is 4.80 Å². The van der Waals surface area contributed by atoms with E-state index in [1.165, 1.54) is 10.8 Å². The first kappa shape index (κ1) is 10.5. The molecule has 1 aromatic rings. The monoisotopic (exact) mass is 194 g/mol. The summed E-state index contributed by atoms with van der Waals surface area (Å²) >= 11 is 0. The van der Waals surface area contributed by atoms with E-state index in [0.29, 0.717) is 5.92 Å². The topological polar surface area (TPSA) is 20.2 Å². The van der Waals surface area contributed by atoms with Crippen LogP contribution >= 0.6 is 0 Å². The maximum Gasteiger partial charge on any atom is 0.204 e. The Kier molecular flexibility index (Phi) is 3.69. The fourth-order valence-corrected chi connectivity index (χ4v) is 3.15.